The van der Waals surface area contributed by atoms with Crippen LogP contribution in [-0.2, 0) is 13.1 Å². The molecule has 3 aromatic rings. The highest BCUT2D eigenvalue weighted by molar-refractivity contribution is 8.93. The third kappa shape index (κ3) is 2.94. The minimum atomic E-state index is 0. The molecule has 0 spiro atoms. The van der Waals surface area contributed by atoms with Gasteiger partial charge in [0.15, 0.2) is 5.78 Å². The smallest absolute Gasteiger partial charge is 0.203 e. The third-order valence-corrected chi connectivity index (χ3v) is 4.43. The van der Waals surface area contributed by atoms with Crippen molar-refractivity contribution in [3.63, 3.8) is 0 Å². The van der Waals surface area contributed by atoms with E-state index in [-0.39, 0.29) is 29.3 Å². The molecule has 0 aliphatic heterocycles. The summed E-state index contributed by atoms with van der Waals surface area (Å²) in [6.45, 7) is 3.10. The molecular formula is C16H18BrN3OS. The molecule has 2 heterocycles. The molecule has 0 amide bonds. The molecule has 0 saturated carbocycles. The minimum absolute atomic E-state index is 0. The van der Waals surface area contributed by atoms with E-state index in [1.165, 1.54) is 11.3 Å². The van der Waals surface area contributed by atoms with Gasteiger partial charge >= 0.3 is 0 Å². The van der Waals surface area contributed by atoms with E-state index in [0.717, 1.165) is 28.9 Å². The number of rotatable bonds is 5. The van der Waals surface area contributed by atoms with E-state index in [0.29, 0.717) is 5.62 Å². The van der Waals surface area contributed by atoms with Gasteiger partial charge in [-0.2, -0.15) is 0 Å². The molecule has 0 atom stereocenters. The van der Waals surface area contributed by atoms with Crippen LogP contribution in [0.25, 0.3) is 11.0 Å². The zero-order valence-electron chi connectivity index (χ0n) is 12.3. The number of aryl methyl sites for hydroxylation is 1. The fourth-order valence-electron chi connectivity index (χ4n) is 2.56. The molecule has 0 saturated heterocycles. The molecule has 0 aliphatic carbocycles. The molecule has 22 heavy (non-hydrogen) atoms. The molecule has 0 bridgehead atoms. The topological polar surface area (TPSA) is 50.8 Å². The summed E-state index contributed by atoms with van der Waals surface area (Å²) in [7, 11) is 0. The predicted octanol–water partition coefficient (Wildman–Crippen LogP) is 3.85. The number of carbonyl (C=O) groups excluding carboxylic acids is 1. The SMILES string of the molecule is Br.CCCn1c(=N)n(CC(=O)c2cccs2)c2ccccc21. The zero-order chi connectivity index (χ0) is 14.8. The molecule has 0 fully saturated rings. The van der Waals surface area contributed by atoms with Crippen LogP contribution >= 0.6 is 28.3 Å². The standard InChI is InChI=1S/C16H17N3OS.BrH/c1-2-9-18-12-6-3-4-7-13(12)19(16(18)17)11-14(20)15-8-5-10-21-15;/h3-8,10,17H,2,9,11H2,1H3;1H. The molecule has 4 nitrogen and oxygen atoms in total. The number of thiophene rings is 1. The second-order valence-electron chi connectivity index (χ2n) is 4.95. The Kier molecular flexibility index (Phi) is 5.37. The average molecular weight is 380 g/mol. The van der Waals surface area contributed by atoms with Crippen molar-refractivity contribution >= 4 is 45.1 Å². The molecule has 6 heteroatoms. The van der Waals surface area contributed by atoms with Crippen LogP contribution in [0.3, 0.4) is 0 Å². The van der Waals surface area contributed by atoms with E-state index in [4.69, 9.17) is 5.41 Å². The van der Waals surface area contributed by atoms with E-state index in [1.807, 2.05) is 46.3 Å². The first-order valence-electron chi connectivity index (χ1n) is 7.01. The maximum absolute atomic E-state index is 12.3. The fraction of sp³-hybridized carbons (Fsp3) is 0.250. The monoisotopic (exact) mass is 379 g/mol. The third-order valence-electron chi connectivity index (χ3n) is 3.52. The lowest BCUT2D eigenvalue weighted by Gasteiger charge is -2.02. The van der Waals surface area contributed by atoms with Gasteiger partial charge in [-0.3, -0.25) is 10.2 Å². The lowest BCUT2D eigenvalue weighted by Crippen LogP contribution is -2.27. The highest BCUT2D eigenvalue weighted by Crippen LogP contribution is 2.15. The Labute approximate surface area is 143 Å². The first-order valence-corrected chi connectivity index (χ1v) is 7.89. The second kappa shape index (κ2) is 7.07. The summed E-state index contributed by atoms with van der Waals surface area (Å²) in [4.78, 5) is 13.1. The number of para-hydroxylation sites is 2. The Morgan fingerprint density at radius 1 is 1.14 bits per heavy atom. The van der Waals surface area contributed by atoms with Gasteiger partial charge in [0.05, 0.1) is 22.5 Å². The summed E-state index contributed by atoms with van der Waals surface area (Å²) < 4.78 is 3.77. The van der Waals surface area contributed by atoms with Crippen molar-refractivity contribution in [3.05, 3.63) is 52.3 Å². The van der Waals surface area contributed by atoms with Crippen molar-refractivity contribution in [1.82, 2.24) is 9.13 Å². The molecule has 1 aromatic carbocycles. The Morgan fingerprint density at radius 2 is 1.82 bits per heavy atom. The second-order valence-corrected chi connectivity index (χ2v) is 5.90. The van der Waals surface area contributed by atoms with E-state index in [9.17, 15) is 4.79 Å². The van der Waals surface area contributed by atoms with Gasteiger partial charge < -0.3 is 9.13 Å². The minimum Gasteiger partial charge on any atom is -0.310 e. The number of fused-ring (bicyclic) bond motifs is 1. The number of imidazole rings is 1. The van der Waals surface area contributed by atoms with Crippen LogP contribution in [0.15, 0.2) is 41.8 Å². The summed E-state index contributed by atoms with van der Waals surface area (Å²) in [6, 6.07) is 11.6. The number of Topliss-reactive ketones (excluding diaryl/α,β-unsaturated/α-hetero) is 1. The van der Waals surface area contributed by atoms with Crippen LogP contribution in [0.2, 0.25) is 0 Å². The first-order chi connectivity index (χ1) is 10.2. The van der Waals surface area contributed by atoms with Crippen molar-refractivity contribution in [2.45, 2.75) is 26.4 Å². The Morgan fingerprint density at radius 3 is 2.41 bits per heavy atom. The predicted molar refractivity (Wildman–Crippen MR) is 95.0 cm³/mol. The molecule has 0 aliphatic rings. The van der Waals surface area contributed by atoms with Crippen LogP contribution in [0.1, 0.15) is 23.0 Å². The van der Waals surface area contributed by atoms with Crippen molar-refractivity contribution in [2.24, 2.45) is 0 Å². The van der Waals surface area contributed by atoms with Gasteiger partial charge in [-0.15, -0.1) is 28.3 Å². The maximum atomic E-state index is 12.3. The Balaban J connectivity index is 0.00000176. The molecule has 3 rings (SSSR count). The number of carbonyl (C=O) groups is 1. The van der Waals surface area contributed by atoms with Crippen LogP contribution < -0.4 is 5.62 Å². The van der Waals surface area contributed by atoms with Crippen LogP contribution in [-0.4, -0.2) is 14.9 Å². The number of nitrogens with one attached hydrogen (secondary N) is 1. The van der Waals surface area contributed by atoms with Crippen molar-refractivity contribution in [2.75, 3.05) is 0 Å². The number of ketones is 1. The molecule has 116 valence electrons. The lowest BCUT2D eigenvalue weighted by molar-refractivity contribution is 0.0975. The van der Waals surface area contributed by atoms with Crippen molar-refractivity contribution < 1.29 is 4.79 Å². The van der Waals surface area contributed by atoms with Crippen LogP contribution in [0, 0.1) is 5.41 Å². The number of aromatic nitrogens is 2. The lowest BCUT2D eigenvalue weighted by atomic mass is 10.3. The Bertz CT molecular complexity index is 833. The van der Waals surface area contributed by atoms with E-state index >= 15 is 0 Å². The van der Waals surface area contributed by atoms with E-state index < -0.39 is 0 Å². The maximum Gasteiger partial charge on any atom is 0.203 e. The van der Waals surface area contributed by atoms with Gasteiger partial charge in [-0.05, 0) is 30.0 Å². The van der Waals surface area contributed by atoms with Gasteiger partial charge in [0.1, 0.15) is 0 Å². The molecule has 1 N–H and O–H groups in total. The van der Waals surface area contributed by atoms with Crippen LogP contribution in [0.4, 0.5) is 0 Å². The summed E-state index contributed by atoms with van der Waals surface area (Å²) in [6.07, 6.45) is 0.962. The molecule has 2 aromatic heterocycles. The largest absolute Gasteiger partial charge is 0.310 e. The number of benzene rings is 1. The van der Waals surface area contributed by atoms with Gasteiger partial charge in [-0.25, -0.2) is 0 Å². The molecule has 0 unspecified atom stereocenters. The Hall–Kier alpha value is -1.66. The van der Waals surface area contributed by atoms with Gasteiger partial charge in [0, 0.05) is 6.54 Å². The summed E-state index contributed by atoms with van der Waals surface area (Å²) in [5, 5.41) is 10.3. The number of hydrogen-bond donors (Lipinski definition) is 1. The molecular weight excluding hydrogens is 362 g/mol. The first kappa shape index (κ1) is 16.7. The zero-order valence-corrected chi connectivity index (χ0v) is 14.8. The highest BCUT2D eigenvalue weighted by Gasteiger charge is 2.14. The summed E-state index contributed by atoms with van der Waals surface area (Å²) in [5.41, 5.74) is 2.35. The number of nitrogens with zero attached hydrogens (tertiary/aromatic N) is 2. The quantitative estimate of drug-likeness (QED) is 0.672. The van der Waals surface area contributed by atoms with Crippen molar-refractivity contribution in [3.8, 4) is 0 Å². The highest BCUT2D eigenvalue weighted by atomic mass is 79.9. The van der Waals surface area contributed by atoms with E-state index in [1.54, 1.807) is 4.57 Å². The summed E-state index contributed by atoms with van der Waals surface area (Å²) >= 11 is 1.45. The van der Waals surface area contributed by atoms with E-state index in [2.05, 4.69) is 6.92 Å². The molecule has 0 radical (unpaired) electrons. The average Bonchev–Trinajstić information content (AvgIpc) is 3.11. The van der Waals surface area contributed by atoms with Gasteiger partial charge in [0.2, 0.25) is 5.62 Å². The summed E-state index contributed by atoms with van der Waals surface area (Å²) in [5.74, 6) is 0.0582. The number of halogens is 1. The normalized spacial score (nSPS) is 10.6. The van der Waals surface area contributed by atoms with Gasteiger partial charge in [0.25, 0.3) is 0 Å². The van der Waals surface area contributed by atoms with Crippen molar-refractivity contribution in [1.29, 1.82) is 5.41 Å². The number of hydrogen-bond acceptors (Lipinski definition) is 3. The van der Waals surface area contributed by atoms with Gasteiger partial charge in [-0.1, -0.05) is 25.1 Å². The fourth-order valence-corrected chi connectivity index (χ4v) is 3.22. The van der Waals surface area contributed by atoms with Crippen LogP contribution in [0.5, 0.6) is 0 Å².